The van der Waals surface area contributed by atoms with E-state index in [4.69, 9.17) is 28.4 Å². The molecule has 22 atom stereocenters. The number of carbonyl (C=O) groups is 1. The van der Waals surface area contributed by atoms with Crippen LogP contribution in [-0.2, 0) is 33.2 Å². The predicted octanol–water partition coefficient (Wildman–Crippen LogP) is 1.98. The van der Waals surface area contributed by atoms with Crippen molar-refractivity contribution in [2.45, 2.75) is 199 Å². The van der Waals surface area contributed by atoms with Crippen LogP contribution in [0.15, 0.2) is 11.6 Å². The Morgan fingerprint density at radius 2 is 1.35 bits per heavy atom. The Morgan fingerprint density at radius 1 is 0.710 bits per heavy atom. The van der Waals surface area contributed by atoms with Gasteiger partial charge in [0.1, 0.15) is 54.9 Å². The van der Waals surface area contributed by atoms with Gasteiger partial charge < -0.3 is 74.4 Å². The number of aliphatic hydroxyl groups is 8. The van der Waals surface area contributed by atoms with E-state index in [9.17, 15) is 50.8 Å². The zero-order chi connectivity index (χ0) is 45.1. The molecule has 8 rings (SSSR count). The van der Waals surface area contributed by atoms with Gasteiger partial charge in [-0.25, -0.2) is 0 Å². The van der Waals surface area contributed by atoms with Crippen molar-refractivity contribution in [1.82, 2.24) is 0 Å². The molecule has 0 spiro atoms. The molecule has 0 aromatic heterocycles. The molecule has 0 aromatic rings. The van der Waals surface area contributed by atoms with Crippen molar-refractivity contribution in [3.05, 3.63) is 11.6 Å². The van der Waals surface area contributed by atoms with Crippen LogP contribution in [0.4, 0.5) is 0 Å². The molecule has 16 heteroatoms. The molecule has 22 unspecified atom stereocenters. The van der Waals surface area contributed by atoms with Crippen LogP contribution in [0.5, 0.6) is 0 Å². The summed E-state index contributed by atoms with van der Waals surface area (Å²) in [4.78, 5) is 13.1. The molecule has 4 saturated carbocycles. The van der Waals surface area contributed by atoms with Gasteiger partial charge in [0.2, 0.25) is 0 Å². The van der Waals surface area contributed by atoms with E-state index < -0.39 is 103 Å². The molecule has 8 aliphatic rings. The molecule has 5 aliphatic carbocycles. The fourth-order valence-electron chi connectivity index (χ4n) is 14.5. The van der Waals surface area contributed by atoms with Crippen LogP contribution < -0.4 is 0 Å². The smallest absolute Gasteiger partial charge is 0.310 e. The van der Waals surface area contributed by atoms with Gasteiger partial charge in [-0.3, -0.25) is 4.79 Å². The summed E-state index contributed by atoms with van der Waals surface area (Å²) in [5.74, 6) is -0.403. The Hall–Kier alpha value is -1.35. The average Bonchev–Trinajstić information content (AvgIpc) is 3.22. The molecule has 3 aliphatic heterocycles. The number of carboxylic acid groups (broad SMARTS) is 1. The molecule has 354 valence electrons. The predicted molar refractivity (Wildman–Crippen MR) is 219 cm³/mol. The standard InChI is InChI=1S/C46H74O16/c1-22-30(50)32(52)34(54)38(59-22)62-36-35(61-37-33(53)31(51)25(48)19-57-37)26(49)20-58-39(36)60-29-11-12-42(4)27(43(29,5)21-47)10-13-45(7)28(42)9-8-23-24-18-41(2,3)14-16-46(24,40(55)56)17-15-44(23,45)6/h8,22,24-39,47-54H,9-21H2,1-7H3,(H,55,56). The van der Waals surface area contributed by atoms with E-state index in [2.05, 4.69) is 40.7 Å². The minimum absolute atomic E-state index is 0.00380. The summed E-state index contributed by atoms with van der Waals surface area (Å²) in [5.41, 5.74) is -0.637. The Bertz CT molecular complexity index is 1690. The monoisotopic (exact) mass is 882 g/mol. The molecule has 3 saturated heterocycles. The SMILES string of the molecule is CC1OC(OC2C(OC3CCC4(C)C(CCC5(C)C4CC=C4C6CC(C)(C)CCC6(C(=O)O)CCC45C)C3(C)CO)OCC(O)C2OC2OCC(O)C(O)C2O)C(O)C(O)C1O. The average molecular weight is 883 g/mol. The first-order chi connectivity index (χ1) is 29.0. The number of hydrogen-bond acceptors (Lipinski definition) is 15. The van der Waals surface area contributed by atoms with E-state index in [1.54, 1.807) is 0 Å². The largest absolute Gasteiger partial charge is 0.481 e. The van der Waals surface area contributed by atoms with Crippen LogP contribution in [0.3, 0.4) is 0 Å². The summed E-state index contributed by atoms with van der Waals surface area (Å²) in [5, 5.41) is 97.0. The molecule has 9 N–H and O–H groups in total. The van der Waals surface area contributed by atoms with Gasteiger partial charge in [0.25, 0.3) is 0 Å². The maximum absolute atomic E-state index is 13.1. The van der Waals surface area contributed by atoms with Gasteiger partial charge >= 0.3 is 5.97 Å². The van der Waals surface area contributed by atoms with E-state index in [0.29, 0.717) is 19.3 Å². The molecule has 3 heterocycles. The molecular formula is C46H74O16. The van der Waals surface area contributed by atoms with Crippen molar-refractivity contribution in [3.63, 3.8) is 0 Å². The van der Waals surface area contributed by atoms with E-state index >= 15 is 0 Å². The van der Waals surface area contributed by atoms with Crippen molar-refractivity contribution < 1.29 is 79.2 Å². The fraction of sp³-hybridized carbons (Fsp3) is 0.935. The highest BCUT2D eigenvalue weighted by molar-refractivity contribution is 5.76. The highest BCUT2D eigenvalue weighted by Gasteiger charge is 2.70. The molecule has 62 heavy (non-hydrogen) atoms. The van der Waals surface area contributed by atoms with E-state index in [1.165, 1.54) is 12.5 Å². The third-order valence-corrected chi connectivity index (χ3v) is 18.7. The number of aliphatic carboxylic acids is 1. The summed E-state index contributed by atoms with van der Waals surface area (Å²) in [6.45, 7) is 14.4. The minimum Gasteiger partial charge on any atom is -0.481 e. The Balaban J connectivity index is 1.08. The topological polar surface area (TPSA) is 255 Å². The van der Waals surface area contributed by atoms with E-state index in [1.807, 2.05) is 6.92 Å². The second-order valence-corrected chi connectivity index (χ2v) is 22.4. The van der Waals surface area contributed by atoms with Crippen LogP contribution in [0.2, 0.25) is 0 Å². The normalized spacial score (nSPS) is 55.1. The molecular weight excluding hydrogens is 808 g/mol. The Morgan fingerprint density at radius 3 is 2.05 bits per heavy atom. The first-order valence-corrected chi connectivity index (χ1v) is 23.1. The number of carboxylic acids is 1. The van der Waals surface area contributed by atoms with E-state index in [-0.39, 0.29) is 59.2 Å². The van der Waals surface area contributed by atoms with Crippen LogP contribution >= 0.6 is 0 Å². The lowest BCUT2D eigenvalue weighted by atomic mass is 9.33. The molecule has 0 radical (unpaired) electrons. The lowest BCUT2D eigenvalue weighted by Gasteiger charge is -2.71. The van der Waals surface area contributed by atoms with Gasteiger partial charge in [0, 0.05) is 5.41 Å². The molecule has 7 fully saturated rings. The minimum atomic E-state index is -1.73. The van der Waals surface area contributed by atoms with Crippen LogP contribution in [-0.4, -0.2) is 158 Å². The highest BCUT2D eigenvalue weighted by Crippen LogP contribution is 2.76. The van der Waals surface area contributed by atoms with Gasteiger partial charge in [0.05, 0.1) is 37.4 Å². The first kappa shape index (κ1) is 47.2. The van der Waals surface area contributed by atoms with Crippen molar-refractivity contribution in [2.24, 2.45) is 50.2 Å². The zero-order valence-electron chi connectivity index (χ0n) is 37.5. The summed E-state index contributed by atoms with van der Waals surface area (Å²) in [6, 6.07) is 0. The zero-order valence-corrected chi connectivity index (χ0v) is 37.5. The molecule has 0 amide bonds. The Labute approximate surface area is 364 Å². The quantitative estimate of drug-likeness (QED) is 0.125. The molecule has 16 nitrogen and oxygen atoms in total. The fourth-order valence-corrected chi connectivity index (χ4v) is 14.5. The first-order valence-electron chi connectivity index (χ1n) is 23.1. The summed E-state index contributed by atoms with van der Waals surface area (Å²) < 4.78 is 36.8. The van der Waals surface area contributed by atoms with Crippen molar-refractivity contribution >= 4 is 5.97 Å². The van der Waals surface area contributed by atoms with Crippen molar-refractivity contribution in [2.75, 3.05) is 19.8 Å². The van der Waals surface area contributed by atoms with Crippen molar-refractivity contribution in [1.29, 1.82) is 0 Å². The van der Waals surface area contributed by atoms with Crippen molar-refractivity contribution in [3.8, 4) is 0 Å². The van der Waals surface area contributed by atoms with Gasteiger partial charge in [0.15, 0.2) is 18.9 Å². The second-order valence-electron chi connectivity index (χ2n) is 22.4. The van der Waals surface area contributed by atoms with Gasteiger partial charge in [-0.1, -0.05) is 53.2 Å². The van der Waals surface area contributed by atoms with Crippen LogP contribution in [0.1, 0.15) is 113 Å². The molecule has 0 aromatic carbocycles. The maximum atomic E-state index is 13.1. The lowest BCUT2D eigenvalue weighted by molar-refractivity contribution is -0.384. The number of fused-ring (bicyclic) bond motifs is 7. The van der Waals surface area contributed by atoms with Gasteiger partial charge in [-0.15, -0.1) is 0 Å². The van der Waals surface area contributed by atoms with E-state index in [0.717, 1.165) is 44.9 Å². The number of hydrogen-bond donors (Lipinski definition) is 9. The number of ether oxygens (including phenoxy) is 6. The van der Waals surface area contributed by atoms with Gasteiger partial charge in [-0.2, -0.15) is 0 Å². The number of rotatable bonds is 8. The van der Waals surface area contributed by atoms with Gasteiger partial charge in [-0.05, 0) is 111 Å². The third kappa shape index (κ3) is 7.19. The molecule has 0 bridgehead atoms. The summed E-state index contributed by atoms with van der Waals surface area (Å²) >= 11 is 0. The Kier molecular flexibility index (Phi) is 12.5. The highest BCUT2D eigenvalue weighted by atomic mass is 16.8. The maximum Gasteiger partial charge on any atom is 0.310 e. The number of allylic oxidation sites excluding steroid dienone is 2. The second kappa shape index (κ2) is 16.5. The third-order valence-electron chi connectivity index (χ3n) is 18.7. The number of aliphatic hydroxyl groups excluding tert-OH is 8. The van der Waals surface area contributed by atoms with Crippen LogP contribution in [0, 0.1) is 50.2 Å². The lowest BCUT2D eigenvalue weighted by Crippen LogP contribution is -2.67. The summed E-state index contributed by atoms with van der Waals surface area (Å²) in [6.07, 6.45) is -9.39. The van der Waals surface area contributed by atoms with Crippen LogP contribution in [0.25, 0.3) is 0 Å². The summed E-state index contributed by atoms with van der Waals surface area (Å²) in [7, 11) is 0.